The van der Waals surface area contributed by atoms with Gasteiger partial charge in [0.05, 0.1) is 0 Å². The van der Waals surface area contributed by atoms with E-state index in [1.54, 1.807) is 0 Å². The molecule has 0 aliphatic heterocycles. The fraction of sp³-hybridized carbons (Fsp3) is 0.357. The highest BCUT2D eigenvalue weighted by Gasteiger charge is 2.35. The number of aliphatic carboxylic acids is 1. The number of carboxylic acids is 1. The molecule has 4 heteroatoms. The van der Waals surface area contributed by atoms with Crippen molar-refractivity contribution in [1.82, 2.24) is 4.57 Å². The first-order valence-electron chi connectivity index (χ1n) is 5.88. The van der Waals surface area contributed by atoms with Crippen molar-refractivity contribution >= 4 is 16.9 Å². The monoisotopic (exact) mass is 246 g/mol. The zero-order valence-electron chi connectivity index (χ0n) is 10.8. The van der Waals surface area contributed by atoms with Gasteiger partial charge in [0, 0.05) is 29.6 Å². The lowest BCUT2D eigenvalue weighted by Crippen LogP contribution is -2.46. The lowest BCUT2D eigenvalue weighted by molar-refractivity contribution is -0.140. The minimum Gasteiger partial charge on any atom is -0.480 e. The van der Waals surface area contributed by atoms with E-state index in [1.165, 1.54) is 0 Å². The van der Waals surface area contributed by atoms with Gasteiger partial charge in [-0.15, -0.1) is 0 Å². The molecule has 1 atom stereocenters. The Labute approximate surface area is 106 Å². The van der Waals surface area contributed by atoms with Gasteiger partial charge in [-0.25, -0.2) is 0 Å². The summed E-state index contributed by atoms with van der Waals surface area (Å²) in [7, 11) is 1.95. The Hall–Kier alpha value is -1.81. The van der Waals surface area contributed by atoms with E-state index in [4.69, 9.17) is 10.8 Å². The summed E-state index contributed by atoms with van der Waals surface area (Å²) < 4.78 is 2.00. The van der Waals surface area contributed by atoms with E-state index in [0.29, 0.717) is 0 Å². The number of aryl methyl sites for hydroxylation is 1. The van der Waals surface area contributed by atoms with Crippen molar-refractivity contribution < 1.29 is 9.90 Å². The van der Waals surface area contributed by atoms with Gasteiger partial charge < -0.3 is 15.4 Å². The predicted octanol–water partition coefficient (Wildman–Crippen LogP) is 1.87. The molecule has 2 aromatic rings. The number of carbonyl (C=O) groups is 1. The third kappa shape index (κ3) is 1.78. The number of rotatable bonds is 3. The molecule has 3 N–H and O–H groups in total. The molecule has 1 heterocycles. The molecular formula is C14H18N2O2. The number of nitrogens with two attached hydrogens (primary N) is 1. The third-order valence-electron chi connectivity index (χ3n) is 3.63. The summed E-state index contributed by atoms with van der Waals surface area (Å²) in [6.07, 6.45) is 1.97. The van der Waals surface area contributed by atoms with E-state index in [1.807, 2.05) is 55.9 Å². The Morgan fingerprint density at radius 2 is 2.00 bits per heavy atom. The van der Waals surface area contributed by atoms with Crippen molar-refractivity contribution in [3.05, 3.63) is 36.0 Å². The number of hydrogen-bond donors (Lipinski definition) is 2. The van der Waals surface area contributed by atoms with Gasteiger partial charge in [0.2, 0.25) is 0 Å². The number of hydrogen-bond acceptors (Lipinski definition) is 2. The van der Waals surface area contributed by atoms with Crippen LogP contribution < -0.4 is 5.73 Å². The summed E-state index contributed by atoms with van der Waals surface area (Å²) in [5.41, 5.74) is 7.25. The number of fused-ring (bicyclic) bond motifs is 1. The Morgan fingerprint density at radius 1 is 1.39 bits per heavy atom. The molecule has 0 spiro atoms. The smallest absolute Gasteiger partial charge is 0.321 e. The molecule has 0 unspecified atom stereocenters. The van der Waals surface area contributed by atoms with E-state index >= 15 is 0 Å². The summed E-state index contributed by atoms with van der Waals surface area (Å²) in [6.45, 7) is 3.74. The third-order valence-corrected chi connectivity index (χ3v) is 3.63. The lowest BCUT2D eigenvalue weighted by Gasteiger charge is -2.28. The summed E-state index contributed by atoms with van der Waals surface area (Å²) in [4.78, 5) is 11.1. The summed E-state index contributed by atoms with van der Waals surface area (Å²) in [5.74, 6) is -0.979. The predicted molar refractivity (Wildman–Crippen MR) is 71.6 cm³/mol. The molecule has 0 aliphatic carbocycles. The minimum absolute atomic E-state index is 0.618. The minimum atomic E-state index is -0.979. The van der Waals surface area contributed by atoms with Crippen LogP contribution in [-0.4, -0.2) is 21.7 Å². The Morgan fingerprint density at radius 3 is 2.61 bits per heavy atom. The van der Waals surface area contributed by atoms with E-state index < -0.39 is 17.4 Å². The topological polar surface area (TPSA) is 68.2 Å². The van der Waals surface area contributed by atoms with Crippen LogP contribution in [0, 0.1) is 0 Å². The van der Waals surface area contributed by atoms with Crippen molar-refractivity contribution in [2.24, 2.45) is 12.8 Å². The van der Waals surface area contributed by atoms with Gasteiger partial charge in [-0.2, -0.15) is 0 Å². The maximum absolute atomic E-state index is 11.1. The van der Waals surface area contributed by atoms with Crippen molar-refractivity contribution in [3.8, 4) is 0 Å². The molecule has 1 aromatic heterocycles. The molecule has 0 amide bonds. The van der Waals surface area contributed by atoms with Crippen LogP contribution in [0.3, 0.4) is 0 Å². The molecule has 4 nitrogen and oxygen atoms in total. The molecular weight excluding hydrogens is 228 g/mol. The quantitative estimate of drug-likeness (QED) is 0.868. The zero-order chi connectivity index (χ0) is 13.5. The standard InChI is InChI=1S/C14H18N2O2/c1-14(2,12(15)13(17)18)10-8-16(3)11-7-5-4-6-9(10)11/h4-8,12H,15H2,1-3H3,(H,17,18)/t12-/m1/s1. The molecule has 18 heavy (non-hydrogen) atoms. The highest BCUT2D eigenvalue weighted by atomic mass is 16.4. The van der Waals surface area contributed by atoms with Gasteiger partial charge in [-0.1, -0.05) is 32.0 Å². The second-order valence-electron chi connectivity index (χ2n) is 5.21. The normalized spacial score (nSPS) is 13.8. The van der Waals surface area contributed by atoms with E-state index in [0.717, 1.165) is 16.5 Å². The van der Waals surface area contributed by atoms with E-state index in [-0.39, 0.29) is 0 Å². The van der Waals surface area contributed by atoms with Crippen LogP contribution in [0.25, 0.3) is 10.9 Å². The van der Waals surface area contributed by atoms with Crippen LogP contribution >= 0.6 is 0 Å². The van der Waals surface area contributed by atoms with Crippen molar-refractivity contribution in [1.29, 1.82) is 0 Å². The molecule has 2 rings (SSSR count). The van der Waals surface area contributed by atoms with Gasteiger partial charge in [0.1, 0.15) is 6.04 Å². The van der Waals surface area contributed by atoms with Gasteiger partial charge >= 0.3 is 5.97 Å². The first-order valence-corrected chi connectivity index (χ1v) is 5.88. The first kappa shape index (κ1) is 12.6. The number of carboxylic acid groups (broad SMARTS) is 1. The average Bonchev–Trinajstić information content (AvgIpc) is 2.67. The Balaban J connectivity index is 2.64. The van der Waals surface area contributed by atoms with Crippen LogP contribution in [0.5, 0.6) is 0 Å². The second-order valence-corrected chi connectivity index (χ2v) is 5.21. The van der Waals surface area contributed by atoms with Gasteiger partial charge in [0.15, 0.2) is 0 Å². The maximum Gasteiger partial charge on any atom is 0.321 e. The fourth-order valence-corrected chi connectivity index (χ4v) is 2.33. The highest BCUT2D eigenvalue weighted by Crippen LogP contribution is 2.33. The number of para-hydroxylation sites is 1. The Bertz CT molecular complexity index is 599. The molecule has 0 bridgehead atoms. The van der Waals surface area contributed by atoms with Crippen LogP contribution in [0.15, 0.2) is 30.5 Å². The number of benzene rings is 1. The van der Waals surface area contributed by atoms with Crippen molar-refractivity contribution in [3.63, 3.8) is 0 Å². The summed E-state index contributed by atoms with van der Waals surface area (Å²) in [5, 5.41) is 10.2. The van der Waals surface area contributed by atoms with Crippen LogP contribution in [0.4, 0.5) is 0 Å². The van der Waals surface area contributed by atoms with Crippen LogP contribution in [-0.2, 0) is 17.3 Å². The summed E-state index contributed by atoms with van der Waals surface area (Å²) >= 11 is 0. The van der Waals surface area contributed by atoms with Crippen LogP contribution in [0.2, 0.25) is 0 Å². The van der Waals surface area contributed by atoms with Gasteiger partial charge in [0.25, 0.3) is 0 Å². The molecule has 0 saturated carbocycles. The molecule has 96 valence electrons. The second kappa shape index (κ2) is 4.14. The molecule has 0 saturated heterocycles. The number of aromatic nitrogens is 1. The largest absolute Gasteiger partial charge is 0.480 e. The fourth-order valence-electron chi connectivity index (χ4n) is 2.33. The first-order chi connectivity index (χ1) is 8.35. The average molecular weight is 246 g/mol. The van der Waals surface area contributed by atoms with Gasteiger partial charge in [-0.05, 0) is 11.6 Å². The zero-order valence-corrected chi connectivity index (χ0v) is 10.8. The number of nitrogens with zero attached hydrogens (tertiary/aromatic N) is 1. The maximum atomic E-state index is 11.1. The highest BCUT2D eigenvalue weighted by molar-refractivity contribution is 5.86. The van der Waals surface area contributed by atoms with Crippen molar-refractivity contribution in [2.45, 2.75) is 25.3 Å². The molecule has 1 aromatic carbocycles. The Kier molecular flexibility index (Phi) is 2.91. The molecule has 0 radical (unpaired) electrons. The SMILES string of the molecule is Cn1cc(C(C)(C)[C@H](N)C(=O)O)c2ccccc21. The van der Waals surface area contributed by atoms with E-state index in [9.17, 15) is 4.79 Å². The van der Waals surface area contributed by atoms with Crippen molar-refractivity contribution in [2.75, 3.05) is 0 Å². The van der Waals surface area contributed by atoms with E-state index in [2.05, 4.69) is 0 Å². The van der Waals surface area contributed by atoms with Crippen LogP contribution in [0.1, 0.15) is 19.4 Å². The van der Waals surface area contributed by atoms with Gasteiger partial charge in [-0.3, -0.25) is 4.79 Å². The molecule has 0 fully saturated rings. The summed E-state index contributed by atoms with van der Waals surface area (Å²) in [6, 6.07) is 7.01. The molecule has 0 aliphatic rings. The lowest BCUT2D eigenvalue weighted by atomic mass is 9.78.